The molecule has 142 valence electrons. The van der Waals surface area contributed by atoms with Crippen molar-refractivity contribution in [3.63, 3.8) is 0 Å². The molecule has 2 rings (SSSR count). The lowest BCUT2D eigenvalue weighted by molar-refractivity contribution is -0.212. The summed E-state index contributed by atoms with van der Waals surface area (Å²) in [5.74, 6) is 1.47. The van der Waals surface area contributed by atoms with E-state index in [-0.39, 0.29) is 17.1 Å². The number of ether oxygens (including phenoxy) is 2. The van der Waals surface area contributed by atoms with Crippen LogP contribution in [0.5, 0.6) is 5.75 Å². The van der Waals surface area contributed by atoms with Crippen LogP contribution in [-0.4, -0.2) is 18.3 Å². The molecule has 1 heterocycles. The van der Waals surface area contributed by atoms with Gasteiger partial charge in [0.05, 0.1) is 13.2 Å². The summed E-state index contributed by atoms with van der Waals surface area (Å²) in [4.78, 5) is 0. The Labute approximate surface area is 153 Å². The number of hydrogen-bond acceptors (Lipinski definition) is 3. The van der Waals surface area contributed by atoms with Crippen molar-refractivity contribution < 1.29 is 14.6 Å². The Morgan fingerprint density at radius 2 is 1.44 bits per heavy atom. The molecule has 1 fully saturated rings. The third-order valence-corrected chi connectivity index (χ3v) is 5.39. The molecule has 3 heteroatoms. The second kappa shape index (κ2) is 7.28. The fraction of sp³-hybridized carbons (Fsp3) is 0.727. The molecule has 0 aromatic heterocycles. The van der Waals surface area contributed by atoms with Gasteiger partial charge in [0, 0.05) is 11.5 Å². The molecular weight excluding hydrogens is 312 g/mol. The molecule has 0 unspecified atom stereocenters. The molecule has 0 saturated carbocycles. The van der Waals surface area contributed by atoms with E-state index in [2.05, 4.69) is 67.5 Å². The smallest absolute Gasteiger partial charge is 0.183 e. The van der Waals surface area contributed by atoms with E-state index in [1.807, 2.05) is 0 Å². The van der Waals surface area contributed by atoms with Crippen molar-refractivity contribution in [3.8, 4) is 5.75 Å². The number of phenols is 1. The standard InChI is InChI=1S/C22H36O3/c1-9-14(2)16-12-24-20(25-13-16)15-10-17(21(3,4)5)19(23)18(11-15)22(6,7)8/h10-11,14,16,20,23H,9,12-13H2,1-8H3/t14-,16?,20?/m1/s1. The summed E-state index contributed by atoms with van der Waals surface area (Å²) in [7, 11) is 0. The lowest BCUT2D eigenvalue weighted by Crippen LogP contribution is -2.31. The fourth-order valence-electron chi connectivity index (χ4n) is 3.31. The average molecular weight is 349 g/mol. The van der Waals surface area contributed by atoms with Crippen molar-refractivity contribution in [3.05, 3.63) is 28.8 Å². The van der Waals surface area contributed by atoms with Crippen LogP contribution in [0.15, 0.2) is 12.1 Å². The SMILES string of the molecule is CC[C@@H](C)C1COC(c2cc(C(C)(C)C)c(O)c(C(C)(C)C)c2)OC1. The second-order valence-electron chi connectivity index (χ2n) is 9.61. The highest BCUT2D eigenvalue weighted by molar-refractivity contribution is 5.50. The minimum atomic E-state index is -0.344. The van der Waals surface area contributed by atoms with Gasteiger partial charge in [-0.15, -0.1) is 0 Å². The van der Waals surface area contributed by atoms with Gasteiger partial charge in [0.1, 0.15) is 5.75 Å². The third kappa shape index (κ3) is 4.57. The highest BCUT2D eigenvalue weighted by Crippen LogP contribution is 2.42. The summed E-state index contributed by atoms with van der Waals surface area (Å²) in [6.07, 6.45) is 0.798. The van der Waals surface area contributed by atoms with E-state index >= 15 is 0 Å². The van der Waals surface area contributed by atoms with Gasteiger partial charge in [-0.2, -0.15) is 0 Å². The van der Waals surface area contributed by atoms with Crippen molar-refractivity contribution in [1.29, 1.82) is 0 Å². The van der Waals surface area contributed by atoms with Gasteiger partial charge in [0.15, 0.2) is 6.29 Å². The maximum Gasteiger partial charge on any atom is 0.183 e. The first-order chi connectivity index (χ1) is 11.4. The molecule has 0 radical (unpaired) electrons. The van der Waals surface area contributed by atoms with Crippen LogP contribution >= 0.6 is 0 Å². The summed E-state index contributed by atoms with van der Waals surface area (Å²) in [5.41, 5.74) is 2.62. The first-order valence-electron chi connectivity index (χ1n) is 9.56. The van der Waals surface area contributed by atoms with Crippen molar-refractivity contribution in [2.24, 2.45) is 11.8 Å². The normalized spacial score (nSPS) is 23.5. The molecule has 1 aliphatic heterocycles. The van der Waals surface area contributed by atoms with Gasteiger partial charge in [-0.25, -0.2) is 0 Å². The second-order valence-corrected chi connectivity index (χ2v) is 9.61. The van der Waals surface area contributed by atoms with Crippen LogP contribution in [0.2, 0.25) is 0 Å². The maximum atomic E-state index is 10.8. The summed E-state index contributed by atoms with van der Waals surface area (Å²) in [6, 6.07) is 4.11. The van der Waals surface area contributed by atoms with Gasteiger partial charge in [-0.3, -0.25) is 0 Å². The molecule has 25 heavy (non-hydrogen) atoms. The van der Waals surface area contributed by atoms with E-state index in [9.17, 15) is 5.11 Å². The van der Waals surface area contributed by atoms with Crippen LogP contribution in [0.3, 0.4) is 0 Å². The first kappa shape index (κ1) is 20.3. The van der Waals surface area contributed by atoms with Gasteiger partial charge in [-0.05, 0) is 40.0 Å². The zero-order chi connectivity index (χ0) is 19.0. The minimum absolute atomic E-state index is 0.145. The number of hydrogen-bond donors (Lipinski definition) is 1. The number of benzene rings is 1. The molecule has 0 aliphatic carbocycles. The molecule has 3 nitrogen and oxygen atoms in total. The molecule has 0 bridgehead atoms. The first-order valence-corrected chi connectivity index (χ1v) is 9.56. The van der Waals surface area contributed by atoms with E-state index in [0.29, 0.717) is 17.6 Å². The Kier molecular flexibility index (Phi) is 5.90. The highest BCUT2D eigenvalue weighted by Gasteiger charge is 2.31. The predicted octanol–water partition coefficient (Wildman–Crippen LogP) is 5.69. The van der Waals surface area contributed by atoms with Crippen molar-refractivity contribution in [2.75, 3.05) is 13.2 Å². The molecule has 0 spiro atoms. The van der Waals surface area contributed by atoms with Crippen molar-refractivity contribution >= 4 is 0 Å². The monoisotopic (exact) mass is 348 g/mol. The molecule has 1 aromatic rings. The number of rotatable bonds is 3. The van der Waals surface area contributed by atoms with Crippen LogP contribution in [0.4, 0.5) is 0 Å². The van der Waals surface area contributed by atoms with E-state index in [4.69, 9.17) is 9.47 Å². The Bertz CT molecular complexity index is 549. The van der Waals surface area contributed by atoms with E-state index < -0.39 is 0 Å². The number of phenolic OH excluding ortho intramolecular Hbond substituents is 1. The van der Waals surface area contributed by atoms with Crippen LogP contribution in [0.25, 0.3) is 0 Å². The summed E-state index contributed by atoms with van der Waals surface area (Å²) in [5, 5.41) is 10.8. The Morgan fingerprint density at radius 3 is 1.80 bits per heavy atom. The molecule has 1 N–H and O–H groups in total. The van der Waals surface area contributed by atoms with Crippen molar-refractivity contribution in [1.82, 2.24) is 0 Å². The zero-order valence-corrected chi connectivity index (χ0v) is 17.3. The fourth-order valence-corrected chi connectivity index (χ4v) is 3.31. The Balaban J connectivity index is 2.36. The van der Waals surface area contributed by atoms with Crippen LogP contribution in [0.1, 0.15) is 84.8 Å². The predicted molar refractivity (Wildman–Crippen MR) is 103 cm³/mol. The van der Waals surface area contributed by atoms with Crippen LogP contribution < -0.4 is 0 Å². The lowest BCUT2D eigenvalue weighted by Gasteiger charge is -2.34. The average Bonchev–Trinajstić information content (AvgIpc) is 2.52. The molecule has 1 atom stereocenters. The van der Waals surface area contributed by atoms with E-state index in [1.54, 1.807) is 0 Å². The van der Waals surface area contributed by atoms with E-state index in [1.165, 1.54) is 0 Å². The van der Waals surface area contributed by atoms with Crippen LogP contribution in [0, 0.1) is 11.8 Å². The van der Waals surface area contributed by atoms with Gasteiger partial charge in [0.2, 0.25) is 0 Å². The maximum absolute atomic E-state index is 10.8. The summed E-state index contributed by atoms with van der Waals surface area (Å²) in [6.45, 7) is 18.7. The van der Waals surface area contributed by atoms with Gasteiger partial charge in [0.25, 0.3) is 0 Å². The van der Waals surface area contributed by atoms with Gasteiger partial charge < -0.3 is 14.6 Å². The van der Waals surface area contributed by atoms with Crippen LogP contribution in [-0.2, 0) is 20.3 Å². The molecule has 1 aliphatic rings. The van der Waals surface area contributed by atoms with Crippen molar-refractivity contribution in [2.45, 2.75) is 78.9 Å². The van der Waals surface area contributed by atoms with E-state index in [0.717, 1.165) is 36.3 Å². The quantitative estimate of drug-likeness (QED) is 0.762. The molecule has 1 saturated heterocycles. The minimum Gasteiger partial charge on any atom is -0.507 e. The molecule has 0 amide bonds. The Morgan fingerprint density at radius 1 is 1.00 bits per heavy atom. The highest BCUT2D eigenvalue weighted by atomic mass is 16.7. The molecule has 1 aromatic carbocycles. The largest absolute Gasteiger partial charge is 0.507 e. The molecular formula is C22H36O3. The lowest BCUT2D eigenvalue weighted by atomic mass is 9.78. The van der Waals surface area contributed by atoms with Gasteiger partial charge >= 0.3 is 0 Å². The zero-order valence-electron chi connectivity index (χ0n) is 17.3. The summed E-state index contributed by atoms with van der Waals surface area (Å²) >= 11 is 0. The topological polar surface area (TPSA) is 38.7 Å². The van der Waals surface area contributed by atoms with Gasteiger partial charge in [-0.1, -0.05) is 61.8 Å². The Hall–Kier alpha value is -1.06. The number of aromatic hydroxyl groups is 1. The summed E-state index contributed by atoms with van der Waals surface area (Å²) < 4.78 is 12.1. The third-order valence-electron chi connectivity index (χ3n) is 5.39.